The molecule has 2 aliphatic rings. The van der Waals surface area contributed by atoms with Crippen molar-refractivity contribution < 1.29 is 0 Å². The van der Waals surface area contributed by atoms with E-state index in [1.54, 1.807) is 0 Å². The molecule has 0 saturated carbocycles. The molecule has 1 saturated heterocycles. The first kappa shape index (κ1) is 7.73. The fourth-order valence-corrected chi connectivity index (χ4v) is 2.02. The lowest BCUT2D eigenvalue weighted by molar-refractivity contribution is 0.0751. The molecule has 4 heteroatoms. The standard InChI is InChI=1S/C8H16N4/c1-10(2)8-7(9)6-11-4-3-5-12(8)11/h3-6,9H2,1-2H3. The van der Waals surface area contributed by atoms with Crippen LogP contribution in [0.5, 0.6) is 0 Å². The molecule has 0 aromatic rings. The molecular formula is C8H16N4. The van der Waals surface area contributed by atoms with Crippen molar-refractivity contribution in [1.29, 1.82) is 0 Å². The van der Waals surface area contributed by atoms with Crippen LogP contribution in [0.1, 0.15) is 6.42 Å². The molecule has 0 aliphatic carbocycles. The van der Waals surface area contributed by atoms with Gasteiger partial charge in [0, 0.05) is 27.2 Å². The van der Waals surface area contributed by atoms with E-state index in [1.807, 2.05) is 14.1 Å². The van der Waals surface area contributed by atoms with Gasteiger partial charge in [-0.2, -0.15) is 0 Å². The first-order chi connectivity index (χ1) is 5.70. The van der Waals surface area contributed by atoms with Crippen molar-refractivity contribution in [3.05, 3.63) is 11.5 Å². The summed E-state index contributed by atoms with van der Waals surface area (Å²) in [6, 6.07) is 0. The van der Waals surface area contributed by atoms with Crippen molar-refractivity contribution >= 4 is 0 Å². The molecule has 2 heterocycles. The summed E-state index contributed by atoms with van der Waals surface area (Å²) in [7, 11) is 4.09. The number of nitrogens with zero attached hydrogens (tertiary/aromatic N) is 3. The second kappa shape index (κ2) is 2.55. The lowest BCUT2D eigenvalue weighted by Crippen LogP contribution is -2.34. The van der Waals surface area contributed by atoms with E-state index in [0.29, 0.717) is 0 Å². The van der Waals surface area contributed by atoms with Crippen molar-refractivity contribution in [2.45, 2.75) is 6.42 Å². The Labute approximate surface area is 73.2 Å². The Kier molecular flexibility index (Phi) is 1.65. The molecule has 0 unspecified atom stereocenters. The molecule has 0 aromatic heterocycles. The normalized spacial score (nSPS) is 23.7. The third-order valence-corrected chi connectivity index (χ3v) is 2.44. The van der Waals surface area contributed by atoms with Crippen LogP contribution in [0.4, 0.5) is 0 Å². The molecule has 0 bridgehead atoms. The Bertz CT molecular complexity index is 221. The molecule has 0 aromatic carbocycles. The minimum absolute atomic E-state index is 0.910. The zero-order chi connectivity index (χ0) is 8.72. The van der Waals surface area contributed by atoms with Gasteiger partial charge in [0.2, 0.25) is 0 Å². The summed E-state index contributed by atoms with van der Waals surface area (Å²) in [4.78, 5) is 2.10. The van der Waals surface area contributed by atoms with Crippen LogP contribution in [0.15, 0.2) is 11.5 Å². The fourth-order valence-electron chi connectivity index (χ4n) is 2.02. The van der Waals surface area contributed by atoms with Gasteiger partial charge in [-0.25, -0.2) is 5.01 Å². The summed E-state index contributed by atoms with van der Waals surface area (Å²) in [5, 5.41) is 4.60. The topological polar surface area (TPSA) is 35.7 Å². The van der Waals surface area contributed by atoms with Gasteiger partial charge < -0.3 is 10.6 Å². The molecular weight excluding hydrogens is 152 g/mol. The molecule has 12 heavy (non-hydrogen) atoms. The van der Waals surface area contributed by atoms with Crippen LogP contribution in [0.25, 0.3) is 0 Å². The summed E-state index contributed by atoms with van der Waals surface area (Å²) in [5.41, 5.74) is 6.92. The van der Waals surface area contributed by atoms with Gasteiger partial charge in [-0.1, -0.05) is 0 Å². The minimum Gasteiger partial charge on any atom is -0.398 e. The summed E-state index contributed by atoms with van der Waals surface area (Å²) >= 11 is 0. The lowest BCUT2D eigenvalue weighted by atomic mass is 10.4. The van der Waals surface area contributed by atoms with Crippen molar-refractivity contribution in [3.8, 4) is 0 Å². The zero-order valence-corrected chi connectivity index (χ0v) is 7.75. The van der Waals surface area contributed by atoms with Crippen molar-refractivity contribution in [2.24, 2.45) is 5.73 Å². The van der Waals surface area contributed by atoms with Crippen molar-refractivity contribution in [1.82, 2.24) is 14.9 Å². The van der Waals surface area contributed by atoms with Crippen molar-refractivity contribution in [3.63, 3.8) is 0 Å². The molecule has 2 rings (SSSR count). The maximum absolute atomic E-state index is 5.92. The van der Waals surface area contributed by atoms with Gasteiger partial charge in [0.15, 0.2) is 0 Å². The number of fused-ring (bicyclic) bond motifs is 1. The number of hydrogen-bond acceptors (Lipinski definition) is 4. The average molecular weight is 168 g/mol. The maximum Gasteiger partial charge on any atom is 0.139 e. The zero-order valence-electron chi connectivity index (χ0n) is 7.75. The molecule has 0 atom stereocenters. The van der Waals surface area contributed by atoms with Gasteiger partial charge in [0.1, 0.15) is 5.82 Å². The SMILES string of the molecule is CN(C)C1=C(N)CN2CCCN12. The van der Waals surface area contributed by atoms with Crippen LogP contribution in [-0.2, 0) is 0 Å². The van der Waals surface area contributed by atoms with Gasteiger partial charge in [-0.3, -0.25) is 5.01 Å². The number of rotatable bonds is 1. The van der Waals surface area contributed by atoms with Crippen LogP contribution >= 0.6 is 0 Å². The second-order valence-electron chi connectivity index (χ2n) is 3.61. The second-order valence-corrected chi connectivity index (χ2v) is 3.61. The van der Waals surface area contributed by atoms with Crippen molar-refractivity contribution in [2.75, 3.05) is 33.7 Å². The first-order valence-corrected chi connectivity index (χ1v) is 4.38. The van der Waals surface area contributed by atoms with E-state index >= 15 is 0 Å². The van der Waals surface area contributed by atoms with Crippen LogP contribution < -0.4 is 5.73 Å². The third kappa shape index (κ3) is 0.948. The quantitative estimate of drug-likeness (QED) is 0.578. The first-order valence-electron chi connectivity index (χ1n) is 4.38. The van der Waals surface area contributed by atoms with Crippen LogP contribution in [-0.4, -0.2) is 48.6 Å². The predicted octanol–water partition coefficient (Wildman–Crippen LogP) is -0.388. The van der Waals surface area contributed by atoms with E-state index in [1.165, 1.54) is 12.2 Å². The lowest BCUT2D eigenvalue weighted by Gasteiger charge is -2.27. The Hall–Kier alpha value is -0.900. The van der Waals surface area contributed by atoms with Crippen LogP contribution in [0, 0.1) is 0 Å². The van der Waals surface area contributed by atoms with E-state index in [-0.39, 0.29) is 0 Å². The van der Waals surface area contributed by atoms with E-state index in [4.69, 9.17) is 5.73 Å². The number of nitrogens with two attached hydrogens (primary N) is 1. The predicted molar refractivity (Wildman–Crippen MR) is 47.8 cm³/mol. The van der Waals surface area contributed by atoms with Gasteiger partial charge >= 0.3 is 0 Å². The Balaban J connectivity index is 2.23. The number of hydrazine groups is 1. The highest BCUT2D eigenvalue weighted by Gasteiger charge is 2.32. The summed E-state index contributed by atoms with van der Waals surface area (Å²) in [5.74, 6) is 1.19. The average Bonchev–Trinajstić information content (AvgIpc) is 2.44. The number of hydrogen-bond donors (Lipinski definition) is 1. The third-order valence-electron chi connectivity index (χ3n) is 2.44. The Morgan fingerprint density at radius 3 is 2.75 bits per heavy atom. The van der Waals surface area contributed by atoms with Crippen LogP contribution in [0.3, 0.4) is 0 Å². The Morgan fingerprint density at radius 1 is 1.33 bits per heavy atom. The monoisotopic (exact) mass is 168 g/mol. The van der Waals surface area contributed by atoms with Gasteiger partial charge in [0.05, 0.1) is 12.2 Å². The summed E-state index contributed by atoms with van der Waals surface area (Å²) in [6.45, 7) is 3.18. The van der Waals surface area contributed by atoms with E-state index in [2.05, 4.69) is 14.9 Å². The fraction of sp³-hybridized carbons (Fsp3) is 0.750. The molecule has 68 valence electrons. The van der Waals surface area contributed by atoms with E-state index in [0.717, 1.165) is 25.3 Å². The summed E-state index contributed by atoms with van der Waals surface area (Å²) in [6.07, 6.45) is 1.25. The molecule has 0 amide bonds. The van der Waals surface area contributed by atoms with Gasteiger partial charge in [-0.15, -0.1) is 0 Å². The van der Waals surface area contributed by atoms with Gasteiger partial charge in [0.25, 0.3) is 0 Å². The van der Waals surface area contributed by atoms with Crippen LogP contribution in [0.2, 0.25) is 0 Å². The highest BCUT2D eigenvalue weighted by Crippen LogP contribution is 2.26. The largest absolute Gasteiger partial charge is 0.398 e. The molecule has 0 radical (unpaired) electrons. The molecule has 4 nitrogen and oxygen atoms in total. The molecule has 1 fully saturated rings. The molecule has 2 aliphatic heterocycles. The highest BCUT2D eigenvalue weighted by molar-refractivity contribution is 5.16. The smallest absolute Gasteiger partial charge is 0.139 e. The maximum atomic E-state index is 5.92. The minimum atomic E-state index is 0.910. The van der Waals surface area contributed by atoms with Gasteiger partial charge in [-0.05, 0) is 6.42 Å². The van der Waals surface area contributed by atoms with E-state index in [9.17, 15) is 0 Å². The van der Waals surface area contributed by atoms with E-state index < -0.39 is 0 Å². The summed E-state index contributed by atoms with van der Waals surface area (Å²) < 4.78 is 0. The molecule has 0 spiro atoms. The Morgan fingerprint density at radius 2 is 2.08 bits per heavy atom. The molecule has 2 N–H and O–H groups in total. The highest BCUT2D eigenvalue weighted by atomic mass is 15.7.